The van der Waals surface area contributed by atoms with Crippen LogP contribution in [0.15, 0.2) is 6.07 Å². The van der Waals surface area contributed by atoms with Gasteiger partial charge >= 0.3 is 0 Å². The molecule has 0 saturated heterocycles. The molecule has 1 heterocycles. The molecule has 0 unspecified atom stereocenters. The van der Waals surface area contributed by atoms with Gasteiger partial charge in [0, 0.05) is 8.90 Å². The third-order valence-corrected chi connectivity index (χ3v) is 2.99. The van der Waals surface area contributed by atoms with E-state index in [9.17, 15) is 8.78 Å². The lowest BCUT2D eigenvalue weighted by molar-refractivity contribution is 0.144. The zero-order valence-electron chi connectivity index (χ0n) is 7.23. The number of halogens is 4. The highest BCUT2D eigenvalue weighted by Crippen LogP contribution is 2.28. The van der Waals surface area contributed by atoms with E-state index in [1.54, 1.807) is 6.07 Å². The Bertz CT molecular complexity index is 335. The number of ether oxygens (including phenoxy) is 1. The van der Waals surface area contributed by atoms with Crippen molar-refractivity contribution in [2.24, 2.45) is 0 Å². The van der Waals surface area contributed by atoms with Gasteiger partial charge in [0.15, 0.2) is 0 Å². The number of hydrogen-bond donors (Lipinski definition) is 0. The minimum Gasteiger partial charge on any atom is -0.495 e. The maximum atomic E-state index is 12.5. The second kappa shape index (κ2) is 5.20. The van der Waals surface area contributed by atoms with Gasteiger partial charge in [-0.15, -0.1) is 0 Å². The molecule has 0 fully saturated rings. The Morgan fingerprint density at radius 1 is 1.64 bits per heavy atom. The van der Waals surface area contributed by atoms with Crippen LogP contribution in [-0.4, -0.2) is 12.1 Å². The van der Waals surface area contributed by atoms with Crippen molar-refractivity contribution in [3.05, 3.63) is 21.0 Å². The van der Waals surface area contributed by atoms with E-state index >= 15 is 0 Å². The smallest absolute Gasteiger partial charge is 0.281 e. The number of nitrogens with zero attached hydrogens (tertiary/aromatic N) is 1. The highest BCUT2D eigenvalue weighted by molar-refractivity contribution is 14.1. The summed E-state index contributed by atoms with van der Waals surface area (Å²) in [6.07, 6.45) is -2.55. The summed E-state index contributed by atoms with van der Waals surface area (Å²) in [6, 6.07) is 1.56. The quantitative estimate of drug-likeness (QED) is 0.594. The summed E-state index contributed by atoms with van der Waals surface area (Å²) in [5, 5.41) is 0.396. The molecule has 0 aliphatic heterocycles. The first kappa shape index (κ1) is 12.1. The third kappa shape index (κ3) is 2.53. The van der Waals surface area contributed by atoms with Crippen molar-refractivity contribution in [1.29, 1.82) is 0 Å². The van der Waals surface area contributed by atoms with Crippen LogP contribution >= 0.6 is 38.5 Å². The highest BCUT2D eigenvalue weighted by atomic mass is 127. The van der Waals surface area contributed by atoms with Gasteiger partial charge in [0.25, 0.3) is 6.43 Å². The monoisotopic (exact) mass is 377 g/mol. The average molecular weight is 378 g/mol. The first-order valence-electron chi connectivity index (χ1n) is 3.67. The molecular formula is C8H7BrF2INO. The maximum absolute atomic E-state index is 12.5. The summed E-state index contributed by atoms with van der Waals surface area (Å²) in [4.78, 5) is 3.83. The molecular weight excluding hydrogens is 371 g/mol. The lowest BCUT2D eigenvalue weighted by Gasteiger charge is -2.09. The van der Waals surface area contributed by atoms with Crippen molar-refractivity contribution in [2.75, 3.05) is 7.11 Å². The number of methoxy groups -OCH3 is 1. The Morgan fingerprint density at radius 3 is 2.71 bits per heavy atom. The van der Waals surface area contributed by atoms with E-state index in [4.69, 9.17) is 4.74 Å². The first-order valence-corrected chi connectivity index (χ1v) is 5.87. The number of aromatic nitrogens is 1. The minimum atomic E-state index is -2.55. The molecule has 0 atom stereocenters. The molecule has 0 aliphatic rings. The molecule has 14 heavy (non-hydrogen) atoms. The molecule has 6 heteroatoms. The van der Waals surface area contributed by atoms with Crippen LogP contribution in [0.25, 0.3) is 0 Å². The molecule has 0 bridgehead atoms. The molecule has 0 N–H and O–H groups in total. The van der Waals surface area contributed by atoms with Crippen molar-refractivity contribution in [1.82, 2.24) is 4.98 Å². The van der Waals surface area contributed by atoms with Gasteiger partial charge < -0.3 is 4.74 Å². The molecule has 1 rings (SSSR count). The van der Waals surface area contributed by atoms with Crippen LogP contribution in [0.5, 0.6) is 5.75 Å². The topological polar surface area (TPSA) is 22.1 Å². The summed E-state index contributed by atoms with van der Waals surface area (Å²) >= 11 is 4.99. The van der Waals surface area contributed by atoms with E-state index in [2.05, 4.69) is 20.9 Å². The van der Waals surface area contributed by atoms with Crippen molar-refractivity contribution >= 4 is 38.5 Å². The molecule has 1 aromatic rings. The summed E-state index contributed by atoms with van der Waals surface area (Å²) in [7, 11) is 1.49. The summed E-state index contributed by atoms with van der Waals surface area (Å²) in [5.74, 6) is 0.524. The predicted octanol–water partition coefficient (Wildman–Crippen LogP) is 3.53. The maximum Gasteiger partial charge on any atom is 0.281 e. The largest absolute Gasteiger partial charge is 0.495 e. The molecule has 1 aromatic heterocycles. The zero-order chi connectivity index (χ0) is 10.7. The molecule has 0 saturated carbocycles. The first-order chi connectivity index (χ1) is 6.60. The third-order valence-electron chi connectivity index (χ3n) is 1.60. The summed E-state index contributed by atoms with van der Waals surface area (Å²) in [5.41, 5.74) is 0.295. The van der Waals surface area contributed by atoms with E-state index in [1.807, 2.05) is 22.6 Å². The molecule has 0 amide bonds. The van der Waals surface area contributed by atoms with Crippen molar-refractivity contribution < 1.29 is 13.5 Å². The Kier molecular flexibility index (Phi) is 4.49. The van der Waals surface area contributed by atoms with Gasteiger partial charge in [-0.3, -0.25) is 0 Å². The standard InChI is InChI=1S/C8H7BrF2INO/c1-14-6-2-4(12)7(8(10)11)13-5(6)3-9/h2,8H,3H2,1H3. The Balaban J connectivity index is 3.23. The van der Waals surface area contributed by atoms with Gasteiger partial charge in [-0.1, -0.05) is 15.9 Å². The highest BCUT2D eigenvalue weighted by Gasteiger charge is 2.17. The molecule has 78 valence electrons. The van der Waals surface area contributed by atoms with Crippen LogP contribution in [0.4, 0.5) is 8.78 Å². The van der Waals surface area contributed by atoms with E-state index in [0.29, 0.717) is 20.3 Å². The SMILES string of the molecule is COc1cc(I)c(C(F)F)nc1CBr. The lowest BCUT2D eigenvalue weighted by atomic mass is 10.3. The van der Waals surface area contributed by atoms with E-state index in [0.717, 1.165) is 0 Å². The molecule has 2 nitrogen and oxygen atoms in total. The van der Waals surface area contributed by atoms with Crippen LogP contribution in [0.2, 0.25) is 0 Å². The van der Waals surface area contributed by atoms with E-state index < -0.39 is 6.43 Å². The van der Waals surface area contributed by atoms with Crippen LogP contribution in [0.3, 0.4) is 0 Å². The second-order valence-corrected chi connectivity index (χ2v) is 4.16. The van der Waals surface area contributed by atoms with Gasteiger partial charge in [-0.25, -0.2) is 13.8 Å². The summed E-state index contributed by atoms with van der Waals surface area (Å²) in [6.45, 7) is 0. The molecule has 0 aromatic carbocycles. The number of alkyl halides is 3. The van der Waals surface area contributed by atoms with Gasteiger partial charge in [0.05, 0.1) is 12.8 Å². The van der Waals surface area contributed by atoms with Crippen LogP contribution in [0, 0.1) is 3.57 Å². The molecule has 0 spiro atoms. The Hall–Kier alpha value is 0.0200. The van der Waals surface area contributed by atoms with Gasteiger partial charge in [-0.2, -0.15) is 0 Å². The Labute approximate surface area is 102 Å². The van der Waals surface area contributed by atoms with Gasteiger partial charge in [0.1, 0.15) is 11.4 Å². The van der Waals surface area contributed by atoms with Crippen LogP contribution in [-0.2, 0) is 5.33 Å². The van der Waals surface area contributed by atoms with Crippen LogP contribution < -0.4 is 4.74 Å². The van der Waals surface area contributed by atoms with Crippen LogP contribution in [0.1, 0.15) is 17.8 Å². The van der Waals surface area contributed by atoms with E-state index in [-0.39, 0.29) is 5.69 Å². The summed E-state index contributed by atoms with van der Waals surface area (Å²) < 4.78 is 30.3. The number of rotatable bonds is 3. The van der Waals surface area contributed by atoms with E-state index in [1.165, 1.54) is 7.11 Å². The zero-order valence-corrected chi connectivity index (χ0v) is 11.0. The van der Waals surface area contributed by atoms with Gasteiger partial charge in [-0.05, 0) is 28.7 Å². The van der Waals surface area contributed by atoms with Crippen molar-refractivity contribution in [3.8, 4) is 5.75 Å². The van der Waals surface area contributed by atoms with Gasteiger partial charge in [0.2, 0.25) is 0 Å². The lowest BCUT2D eigenvalue weighted by Crippen LogP contribution is -2.01. The number of hydrogen-bond acceptors (Lipinski definition) is 2. The predicted molar refractivity (Wildman–Crippen MR) is 61.1 cm³/mol. The fraction of sp³-hybridized carbons (Fsp3) is 0.375. The fourth-order valence-electron chi connectivity index (χ4n) is 0.952. The molecule has 0 radical (unpaired) electrons. The fourth-order valence-corrected chi connectivity index (χ4v) is 1.99. The molecule has 0 aliphatic carbocycles. The second-order valence-electron chi connectivity index (χ2n) is 2.44. The van der Waals surface area contributed by atoms with Crippen molar-refractivity contribution in [3.63, 3.8) is 0 Å². The van der Waals surface area contributed by atoms with Crippen molar-refractivity contribution in [2.45, 2.75) is 11.8 Å². The Morgan fingerprint density at radius 2 is 2.29 bits per heavy atom. The average Bonchev–Trinajstić information content (AvgIpc) is 2.16. The normalized spacial score (nSPS) is 10.7. The minimum absolute atomic E-state index is 0.194. The number of pyridine rings is 1.